The number of anilines is 2. The van der Waals surface area contributed by atoms with Crippen molar-refractivity contribution in [3.8, 4) is 5.75 Å². The number of likely N-dealkylation sites (N-methyl/N-ethyl adjacent to an activating group) is 1. The average Bonchev–Trinajstić information content (AvgIpc) is 3.34. The summed E-state index contributed by atoms with van der Waals surface area (Å²) in [5, 5.41) is 7.83. The van der Waals surface area contributed by atoms with E-state index < -0.39 is 11.9 Å². The topological polar surface area (TPSA) is 121 Å². The number of hydrogen-bond donors (Lipinski definition) is 2. The van der Waals surface area contributed by atoms with Gasteiger partial charge >= 0.3 is 0 Å². The van der Waals surface area contributed by atoms with E-state index in [1.54, 1.807) is 16.3 Å². The molecule has 206 valence electrons. The number of halogens is 1. The lowest BCUT2D eigenvalue weighted by Crippen LogP contribution is -2.56. The zero-order valence-corrected chi connectivity index (χ0v) is 22.1. The predicted molar refractivity (Wildman–Crippen MR) is 144 cm³/mol. The van der Waals surface area contributed by atoms with Crippen molar-refractivity contribution in [2.45, 2.75) is 44.4 Å². The summed E-state index contributed by atoms with van der Waals surface area (Å²) in [7, 11) is 1.94. The van der Waals surface area contributed by atoms with E-state index in [2.05, 4.69) is 10.2 Å². The van der Waals surface area contributed by atoms with Crippen LogP contribution in [0.3, 0.4) is 0 Å². The van der Waals surface area contributed by atoms with E-state index in [4.69, 9.17) is 20.6 Å². The third-order valence-corrected chi connectivity index (χ3v) is 7.74. The number of nitrogens with two attached hydrogens (primary N) is 1. The maximum atomic E-state index is 14.4. The molecule has 3 aliphatic heterocycles. The summed E-state index contributed by atoms with van der Waals surface area (Å²) in [6.45, 7) is 4.44. The van der Waals surface area contributed by atoms with Gasteiger partial charge in [0, 0.05) is 57.9 Å². The van der Waals surface area contributed by atoms with Crippen LogP contribution in [0.4, 0.5) is 16.0 Å². The number of nitrogens with zero attached hydrogens (tertiary/aromatic N) is 6. The normalized spacial score (nSPS) is 22.8. The Kier molecular flexibility index (Phi) is 6.49. The molecule has 2 saturated heterocycles. The summed E-state index contributed by atoms with van der Waals surface area (Å²) in [5.41, 5.74) is 7.52. The van der Waals surface area contributed by atoms with Gasteiger partial charge in [-0.3, -0.25) is 9.59 Å². The van der Waals surface area contributed by atoms with E-state index in [1.165, 1.54) is 18.2 Å². The second-order valence-corrected chi connectivity index (χ2v) is 10.6. The number of ether oxygens (including phenoxy) is 1. The van der Waals surface area contributed by atoms with Gasteiger partial charge in [-0.25, -0.2) is 9.37 Å². The Hall–Kier alpha value is -3.93. The van der Waals surface area contributed by atoms with Gasteiger partial charge < -0.3 is 30.5 Å². The van der Waals surface area contributed by atoms with Gasteiger partial charge in [0.1, 0.15) is 23.2 Å². The van der Waals surface area contributed by atoms with E-state index in [1.807, 2.05) is 24.1 Å². The second kappa shape index (κ2) is 9.99. The van der Waals surface area contributed by atoms with Crippen molar-refractivity contribution < 1.29 is 18.7 Å². The molecule has 2 unspecified atom stereocenters. The monoisotopic (exact) mass is 536 g/mol. The second-order valence-electron chi connectivity index (χ2n) is 10.6. The van der Waals surface area contributed by atoms with Crippen LogP contribution in [0.2, 0.25) is 0 Å². The number of nitrogens with one attached hydrogen (secondary N) is 1. The Labute approximate surface area is 225 Å². The number of hydrogen-bond acceptors (Lipinski definition) is 8. The van der Waals surface area contributed by atoms with E-state index in [-0.39, 0.29) is 35.2 Å². The quantitative estimate of drug-likeness (QED) is 0.482. The Balaban J connectivity index is 1.47. The number of piperidine rings is 1. The van der Waals surface area contributed by atoms with Crippen LogP contribution < -0.4 is 25.6 Å². The fourth-order valence-corrected chi connectivity index (χ4v) is 5.52. The zero-order valence-electron chi connectivity index (χ0n) is 22.1. The molecule has 2 amide bonds. The lowest BCUT2D eigenvalue weighted by Gasteiger charge is -2.38. The Morgan fingerprint density at radius 1 is 1.13 bits per heavy atom. The summed E-state index contributed by atoms with van der Waals surface area (Å²) >= 11 is 0. The molecule has 2 fully saturated rings. The highest BCUT2D eigenvalue weighted by molar-refractivity contribution is 5.97. The van der Waals surface area contributed by atoms with Crippen molar-refractivity contribution in [1.82, 2.24) is 24.8 Å². The summed E-state index contributed by atoms with van der Waals surface area (Å²) in [5.74, 6) is 0.565. The van der Waals surface area contributed by atoms with Crippen molar-refractivity contribution in [1.29, 1.82) is 0 Å². The van der Waals surface area contributed by atoms with E-state index in [0.29, 0.717) is 25.3 Å². The first kappa shape index (κ1) is 25.4. The number of carbonyl (C=O) groups excluding carboxylic acids is 2. The fourth-order valence-electron chi connectivity index (χ4n) is 5.52. The molecule has 3 aromatic rings. The van der Waals surface area contributed by atoms with Crippen LogP contribution in [0.25, 0.3) is 5.65 Å². The number of fused-ring (bicyclic) bond motifs is 4. The molecule has 2 bridgehead atoms. The molecule has 3 N–H and O–H groups in total. The standard InChI is InChI=1S/C27H33FN8O3/c1-16-26(37)30-8-10-33(2)25-13-23(34-14-18(29)15-34)31-24-12-20(32-36(24)25)21-5-3-4-9-35(21)27(38)19-11-17(28)6-7-22(19)39-16/h6-7,11-13,16,18,21H,3-5,8-10,14-15,29H2,1-2H3,(H,30,37). The summed E-state index contributed by atoms with van der Waals surface area (Å²) in [4.78, 5) is 37.5. The smallest absolute Gasteiger partial charge is 0.260 e. The van der Waals surface area contributed by atoms with Gasteiger partial charge in [0.05, 0.1) is 17.3 Å². The van der Waals surface area contributed by atoms with Gasteiger partial charge in [0.2, 0.25) is 0 Å². The van der Waals surface area contributed by atoms with E-state index in [9.17, 15) is 14.0 Å². The maximum Gasteiger partial charge on any atom is 0.260 e. The Morgan fingerprint density at radius 3 is 2.74 bits per heavy atom. The molecule has 0 radical (unpaired) electrons. The minimum atomic E-state index is -0.877. The fraction of sp³-hybridized carbons (Fsp3) is 0.481. The van der Waals surface area contributed by atoms with Crippen LogP contribution in [0.15, 0.2) is 30.3 Å². The molecule has 6 rings (SSSR count). The van der Waals surface area contributed by atoms with Crippen LogP contribution >= 0.6 is 0 Å². The number of rotatable bonds is 1. The van der Waals surface area contributed by atoms with Crippen molar-refractivity contribution in [3.63, 3.8) is 0 Å². The van der Waals surface area contributed by atoms with Crippen LogP contribution in [0, 0.1) is 5.82 Å². The van der Waals surface area contributed by atoms with Gasteiger partial charge in [-0.1, -0.05) is 0 Å². The molecule has 1 aromatic carbocycles. The number of carbonyl (C=O) groups is 2. The zero-order chi connectivity index (χ0) is 27.3. The number of aromatic nitrogens is 3. The number of benzene rings is 1. The van der Waals surface area contributed by atoms with Crippen LogP contribution in [0.5, 0.6) is 5.75 Å². The first-order chi connectivity index (χ1) is 18.8. The maximum absolute atomic E-state index is 14.4. The molecular weight excluding hydrogens is 503 g/mol. The molecule has 39 heavy (non-hydrogen) atoms. The third-order valence-electron chi connectivity index (χ3n) is 7.74. The van der Waals surface area contributed by atoms with Gasteiger partial charge in [-0.15, -0.1) is 0 Å². The van der Waals surface area contributed by atoms with Gasteiger partial charge in [0.25, 0.3) is 11.8 Å². The average molecular weight is 537 g/mol. The molecule has 2 atom stereocenters. The molecule has 3 aliphatic rings. The minimum absolute atomic E-state index is 0.0902. The molecule has 0 aliphatic carbocycles. The molecule has 12 heteroatoms. The Morgan fingerprint density at radius 2 is 1.95 bits per heavy atom. The van der Waals surface area contributed by atoms with Crippen LogP contribution in [0.1, 0.15) is 48.3 Å². The minimum Gasteiger partial charge on any atom is -0.480 e. The molecule has 11 nitrogen and oxygen atoms in total. The molecule has 0 spiro atoms. The summed E-state index contributed by atoms with van der Waals surface area (Å²) in [6, 6.07) is 7.54. The van der Waals surface area contributed by atoms with Crippen LogP contribution in [-0.2, 0) is 4.79 Å². The van der Waals surface area contributed by atoms with Crippen molar-refractivity contribution in [3.05, 3.63) is 47.4 Å². The lowest BCUT2D eigenvalue weighted by molar-refractivity contribution is -0.127. The van der Waals surface area contributed by atoms with E-state index in [0.717, 1.165) is 49.7 Å². The predicted octanol–water partition coefficient (Wildman–Crippen LogP) is 1.72. The largest absolute Gasteiger partial charge is 0.480 e. The SMILES string of the molecule is CC1Oc2ccc(F)cc2C(=O)N2CCCCC2c2cc3nc(N4CC(N)C4)cc(n3n2)N(C)CCNC1=O. The van der Waals surface area contributed by atoms with Crippen LogP contribution in [-0.4, -0.2) is 83.2 Å². The lowest BCUT2D eigenvalue weighted by atomic mass is 9.98. The molecule has 2 aromatic heterocycles. The van der Waals surface area contributed by atoms with E-state index >= 15 is 0 Å². The summed E-state index contributed by atoms with van der Waals surface area (Å²) < 4.78 is 22.1. The van der Waals surface area contributed by atoms with Gasteiger partial charge in [0.15, 0.2) is 11.8 Å². The summed E-state index contributed by atoms with van der Waals surface area (Å²) in [6.07, 6.45) is 1.60. The van der Waals surface area contributed by atoms with Crippen molar-refractivity contribution in [2.24, 2.45) is 5.73 Å². The van der Waals surface area contributed by atoms with Gasteiger partial charge in [-0.2, -0.15) is 9.61 Å². The molecular formula is C27H33FN8O3. The first-order valence-corrected chi connectivity index (χ1v) is 13.5. The van der Waals surface area contributed by atoms with Crippen molar-refractivity contribution >= 4 is 29.1 Å². The van der Waals surface area contributed by atoms with Gasteiger partial charge in [-0.05, 0) is 44.4 Å². The number of amides is 2. The molecule has 5 heterocycles. The first-order valence-electron chi connectivity index (χ1n) is 13.5. The Bertz CT molecular complexity index is 1420. The molecule has 0 saturated carbocycles. The highest BCUT2D eigenvalue weighted by atomic mass is 19.1. The highest BCUT2D eigenvalue weighted by Crippen LogP contribution is 2.35. The third kappa shape index (κ3) is 4.73. The highest BCUT2D eigenvalue weighted by Gasteiger charge is 2.34. The van der Waals surface area contributed by atoms with Crippen molar-refractivity contribution in [2.75, 3.05) is 49.6 Å².